The van der Waals surface area contributed by atoms with Gasteiger partial charge in [0.2, 0.25) is 0 Å². The van der Waals surface area contributed by atoms with Crippen LogP contribution in [0.4, 0.5) is 0 Å². The summed E-state index contributed by atoms with van der Waals surface area (Å²) in [4.78, 5) is 26.6. The van der Waals surface area contributed by atoms with Gasteiger partial charge in [-0.05, 0) is 29.8 Å². The molecule has 114 valence electrons. The number of nitrogens with zero attached hydrogens (tertiary/aromatic N) is 1. The standard InChI is InChI=1S/C15H13NO6/c1-20-14-8-3-2-7-13(14)15(17)22-12-6-4-5-11(9-12)10-21-16(18)19/h2-9H,10H2,1H3. The van der Waals surface area contributed by atoms with Gasteiger partial charge >= 0.3 is 5.97 Å². The lowest BCUT2D eigenvalue weighted by Crippen LogP contribution is -2.10. The van der Waals surface area contributed by atoms with Crippen LogP contribution in [0.2, 0.25) is 0 Å². The third-order valence-electron chi connectivity index (χ3n) is 2.77. The Labute approximate surface area is 126 Å². The molecule has 7 nitrogen and oxygen atoms in total. The Kier molecular flexibility index (Phi) is 4.92. The molecular formula is C15H13NO6. The molecule has 2 aromatic carbocycles. The van der Waals surface area contributed by atoms with Gasteiger partial charge in [0.15, 0.2) is 0 Å². The first-order valence-electron chi connectivity index (χ1n) is 6.31. The number of esters is 1. The summed E-state index contributed by atoms with van der Waals surface area (Å²) < 4.78 is 10.3. The first-order valence-corrected chi connectivity index (χ1v) is 6.31. The Hall–Kier alpha value is -3.09. The Bertz CT molecular complexity index is 685. The molecule has 0 saturated carbocycles. The van der Waals surface area contributed by atoms with Crippen LogP contribution in [0.1, 0.15) is 15.9 Å². The van der Waals surface area contributed by atoms with Crippen molar-refractivity contribution in [1.29, 1.82) is 0 Å². The molecule has 0 aliphatic heterocycles. The van der Waals surface area contributed by atoms with Crippen molar-refractivity contribution in [2.45, 2.75) is 6.61 Å². The molecule has 0 aromatic heterocycles. The number of benzene rings is 2. The SMILES string of the molecule is COc1ccccc1C(=O)Oc1cccc(CO[N+](=O)[O-])c1. The van der Waals surface area contributed by atoms with E-state index in [0.717, 1.165) is 0 Å². The van der Waals surface area contributed by atoms with Crippen LogP contribution in [-0.2, 0) is 11.4 Å². The number of ether oxygens (including phenoxy) is 2. The third-order valence-corrected chi connectivity index (χ3v) is 2.77. The molecule has 0 heterocycles. The molecule has 0 spiro atoms. The lowest BCUT2D eigenvalue weighted by atomic mass is 10.2. The fourth-order valence-electron chi connectivity index (χ4n) is 1.80. The molecule has 0 unspecified atom stereocenters. The number of rotatable bonds is 6. The molecule has 2 aromatic rings. The van der Waals surface area contributed by atoms with Gasteiger partial charge in [0.25, 0.3) is 5.09 Å². The van der Waals surface area contributed by atoms with Crippen LogP contribution in [0.3, 0.4) is 0 Å². The topological polar surface area (TPSA) is 87.9 Å². The Morgan fingerprint density at radius 1 is 1.18 bits per heavy atom. The summed E-state index contributed by atoms with van der Waals surface area (Å²) in [6.07, 6.45) is 0. The molecule has 7 heteroatoms. The van der Waals surface area contributed by atoms with Crippen molar-refractivity contribution in [3.63, 3.8) is 0 Å². The van der Waals surface area contributed by atoms with Gasteiger partial charge in [0.05, 0.1) is 7.11 Å². The Morgan fingerprint density at radius 2 is 1.95 bits per heavy atom. The van der Waals surface area contributed by atoms with E-state index in [1.54, 1.807) is 42.5 Å². The number of hydrogen-bond acceptors (Lipinski definition) is 6. The minimum atomic E-state index is -0.881. The Balaban J connectivity index is 2.11. The molecule has 0 radical (unpaired) electrons. The van der Waals surface area contributed by atoms with E-state index in [0.29, 0.717) is 11.3 Å². The summed E-state index contributed by atoms with van der Waals surface area (Å²) in [6, 6.07) is 13.0. The van der Waals surface area contributed by atoms with Crippen LogP contribution in [0.15, 0.2) is 48.5 Å². The first-order chi connectivity index (χ1) is 10.6. The van der Waals surface area contributed by atoms with Crippen molar-refractivity contribution in [2.24, 2.45) is 0 Å². The number of para-hydroxylation sites is 1. The number of methoxy groups -OCH3 is 1. The molecule has 0 fully saturated rings. The van der Waals surface area contributed by atoms with Crippen molar-refractivity contribution in [3.05, 3.63) is 69.8 Å². The van der Waals surface area contributed by atoms with Crippen LogP contribution in [0.5, 0.6) is 11.5 Å². The zero-order valence-electron chi connectivity index (χ0n) is 11.7. The molecule has 0 N–H and O–H groups in total. The van der Waals surface area contributed by atoms with E-state index >= 15 is 0 Å². The molecule has 0 amide bonds. The molecule has 0 aliphatic rings. The van der Waals surface area contributed by atoms with Gasteiger partial charge in [-0.15, -0.1) is 10.1 Å². The van der Waals surface area contributed by atoms with E-state index in [9.17, 15) is 14.9 Å². The highest BCUT2D eigenvalue weighted by molar-refractivity contribution is 5.93. The maximum Gasteiger partial charge on any atom is 0.347 e. The minimum Gasteiger partial charge on any atom is -0.496 e. The van der Waals surface area contributed by atoms with E-state index in [1.165, 1.54) is 13.2 Å². The molecule has 0 aliphatic carbocycles. The highest BCUT2D eigenvalue weighted by Crippen LogP contribution is 2.21. The van der Waals surface area contributed by atoms with E-state index in [-0.39, 0.29) is 17.9 Å². The van der Waals surface area contributed by atoms with Gasteiger partial charge in [-0.1, -0.05) is 24.3 Å². The summed E-state index contributed by atoms with van der Waals surface area (Å²) in [5.74, 6) is 0.0884. The average Bonchev–Trinajstić information content (AvgIpc) is 2.53. The monoisotopic (exact) mass is 303 g/mol. The lowest BCUT2D eigenvalue weighted by Gasteiger charge is -2.09. The second-order valence-corrected chi connectivity index (χ2v) is 4.23. The smallest absolute Gasteiger partial charge is 0.347 e. The highest BCUT2D eigenvalue weighted by atomic mass is 16.9. The van der Waals surface area contributed by atoms with Crippen molar-refractivity contribution in [3.8, 4) is 11.5 Å². The van der Waals surface area contributed by atoms with Crippen molar-refractivity contribution < 1.29 is 24.2 Å². The van der Waals surface area contributed by atoms with Gasteiger partial charge in [-0.25, -0.2) is 4.79 Å². The maximum absolute atomic E-state index is 12.1. The summed E-state index contributed by atoms with van der Waals surface area (Å²) in [6.45, 7) is -0.215. The van der Waals surface area contributed by atoms with Crippen molar-refractivity contribution in [2.75, 3.05) is 7.11 Å². The Morgan fingerprint density at radius 3 is 2.68 bits per heavy atom. The fourth-order valence-corrected chi connectivity index (χ4v) is 1.80. The van der Waals surface area contributed by atoms with Crippen LogP contribution in [-0.4, -0.2) is 18.2 Å². The summed E-state index contributed by atoms with van der Waals surface area (Å²) in [5.41, 5.74) is 0.805. The summed E-state index contributed by atoms with van der Waals surface area (Å²) >= 11 is 0. The first kappa shape index (κ1) is 15.3. The van der Waals surface area contributed by atoms with E-state index in [1.807, 2.05) is 0 Å². The lowest BCUT2D eigenvalue weighted by molar-refractivity contribution is -0.763. The largest absolute Gasteiger partial charge is 0.496 e. The summed E-state index contributed by atoms with van der Waals surface area (Å²) in [5, 5.41) is 9.29. The average molecular weight is 303 g/mol. The van der Waals surface area contributed by atoms with Crippen molar-refractivity contribution in [1.82, 2.24) is 0 Å². The van der Waals surface area contributed by atoms with Crippen LogP contribution in [0.25, 0.3) is 0 Å². The fraction of sp³-hybridized carbons (Fsp3) is 0.133. The second kappa shape index (κ2) is 7.07. The molecule has 2 rings (SSSR count). The normalized spacial score (nSPS) is 9.86. The van der Waals surface area contributed by atoms with Gasteiger partial charge in [-0.3, -0.25) is 0 Å². The number of carbonyl (C=O) groups excluding carboxylic acids is 1. The summed E-state index contributed by atoms with van der Waals surface area (Å²) in [7, 11) is 1.46. The zero-order chi connectivity index (χ0) is 15.9. The quantitative estimate of drug-likeness (QED) is 0.353. The number of hydrogen-bond donors (Lipinski definition) is 0. The molecule has 0 bridgehead atoms. The maximum atomic E-state index is 12.1. The number of carbonyl (C=O) groups is 1. The van der Waals surface area contributed by atoms with Gasteiger partial charge in [0.1, 0.15) is 23.7 Å². The van der Waals surface area contributed by atoms with Gasteiger partial charge < -0.3 is 14.3 Å². The van der Waals surface area contributed by atoms with E-state index in [4.69, 9.17) is 9.47 Å². The predicted octanol–water partition coefficient (Wildman–Crippen LogP) is 2.62. The van der Waals surface area contributed by atoms with Crippen LogP contribution >= 0.6 is 0 Å². The zero-order valence-corrected chi connectivity index (χ0v) is 11.7. The predicted molar refractivity (Wildman–Crippen MR) is 76.2 cm³/mol. The molecule has 0 saturated heterocycles. The molecule has 0 atom stereocenters. The molecule has 22 heavy (non-hydrogen) atoms. The van der Waals surface area contributed by atoms with Crippen LogP contribution < -0.4 is 9.47 Å². The second-order valence-electron chi connectivity index (χ2n) is 4.23. The van der Waals surface area contributed by atoms with E-state index < -0.39 is 11.1 Å². The molecular weight excluding hydrogens is 290 g/mol. The van der Waals surface area contributed by atoms with Gasteiger partial charge in [-0.2, -0.15) is 0 Å². The minimum absolute atomic E-state index is 0.215. The van der Waals surface area contributed by atoms with Gasteiger partial charge in [0, 0.05) is 0 Å². The van der Waals surface area contributed by atoms with Crippen LogP contribution in [0, 0.1) is 10.1 Å². The van der Waals surface area contributed by atoms with E-state index in [2.05, 4.69) is 4.84 Å². The highest BCUT2D eigenvalue weighted by Gasteiger charge is 2.14. The third kappa shape index (κ3) is 3.95. The van der Waals surface area contributed by atoms with Crippen molar-refractivity contribution >= 4 is 5.97 Å².